The van der Waals surface area contributed by atoms with Gasteiger partial charge < -0.3 is 15.4 Å². The van der Waals surface area contributed by atoms with Crippen molar-refractivity contribution < 1.29 is 4.74 Å². The van der Waals surface area contributed by atoms with Crippen molar-refractivity contribution in [2.45, 2.75) is 50.1 Å². The number of ether oxygens (including phenoxy) is 1. The molecule has 0 aromatic rings. The summed E-state index contributed by atoms with van der Waals surface area (Å²) in [6, 6.07) is 0.694. The summed E-state index contributed by atoms with van der Waals surface area (Å²) < 4.78 is 5.39. The van der Waals surface area contributed by atoms with Crippen LogP contribution in [0.25, 0.3) is 0 Å². The number of nitrogens with zero attached hydrogens (tertiary/aromatic N) is 1. The standard InChI is InChI=1S/C12H24N2O/c1-14(11-4-8-15-9-5-11)10-12(13)6-2-3-7-12/h11H,2-10,13H2,1H3. The van der Waals surface area contributed by atoms with Crippen LogP contribution in [0.3, 0.4) is 0 Å². The van der Waals surface area contributed by atoms with Crippen LogP contribution in [-0.4, -0.2) is 43.3 Å². The van der Waals surface area contributed by atoms with E-state index in [1.54, 1.807) is 0 Å². The Kier molecular flexibility index (Phi) is 3.65. The first-order chi connectivity index (χ1) is 7.20. The fraction of sp³-hybridized carbons (Fsp3) is 1.00. The average Bonchev–Trinajstić information content (AvgIpc) is 2.66. The van der Waals surface area contributed by atoms with Crippen molar-refractivity contribution in [3.63, 3.8) is 0 Å². The maximum atomic E-state index is 6.39. The molecule has 0 spiro atoms. The molecule has 0 bridgehead atoms. The molecule has 0 unspecified atom stereocenters. The molecule has 0 aromatic heterocycles. The first kappa shape index (κ1) is 11.4. The van der Waals surface area contributed by atoms with Crippen LogP contribution in [0.2, 0.25) is 0 Å². The predicted octanol–water partition coefficient (Wildman–Crippen LogP) is 1.37. The van der Waals surface area contributed by atoms with Gasteiger partial charge in [-0.2, -0.15) is 0 Å². The smallest absolute Gasteiger partial charge is 0.0480 e. The molecule has 2 fully saturated rings. The highest BCUT2D eigenvalue weighted by Gasteiger charge is 2.32. The Balaban J connectivity index is 1.82. The highest BCUT2D eigenvalue weighted by molar-refractivity contribution is 4.92. The molecule has 3 nitrogen and oxygen atoms in total. The molecular formula is C12H24N2O. The quantitative estimate of drug-likeness (QED) is 0.768. The Morgan fingerprint density at radius 2 is 1.87 bits per heavy atom. The fourth-order valence-corrected chi connectivity index (χ4v) is 2.99. The van der Waals surface area contributed by atoms with Crippen LogP contribution in [0.4, 0.5) is 0 Å². The van der Waals surface area contributed by atoms with E-state index in [1.807, 2.05) is 0 Å². The van der Waals surface area contributed by atoms with Gasteiger partial charge >= 0.3 is 0 Å². The Labute approximate surface area is 93.0 Å². The highest BCUT2D eigenvalue weighted by Crippen LogP contribution is 2.28. The SMILES string of the molecule is CN(CC1(N)CCCC1)C1CCOCC1. The number of hydrogen-bond donors (Lipinski definition) is 1. The third-order valence-corrected chi connectivity index (χ3v) is 3.98. The number of nitrogens with two attached hydrogens (primary N) is 1. The monoisotopic (exact) mass is 212 g/mol. The number of rotatable bonds is 3. The third kappa shape index (κ3) is 2.92. The van der Waals surface area contributed by atoms with Crippen LogP contribution in [0.1, 0.15) is 38.5 Å². The summed E-state index contributed by atoms with van der Waals surface area (Å²) in [4.78, 5) is 2.47. The Morgan fingerprint density at radius 3 is 2.47 bits per heavy atom. The van der Waals surface area contributed by atoms with Gasteiger partial charge in [0.15, 0.2) is 0 Å². The van der Waals surface area contributed by atoms with Gasteiger partial charge in [-0.15, -0.1) is 0 Å². The molecule has 88 valence electrons. The Bertz CT molecular complexity index is 196. The second-order valence-corrected chi connectivity index (χ2v) is 5.33. The minimum Gasteiger partial charge on any atom is -0.381 e. The van der Waals surface area contributed by atoms with Crippen LogP contribution in [0, 0.1) is 0 Å². The van der Waals surface area contributed by atoms with Crippen molar-refractivity contribution in [1.82, 2.24) is 4.90 Å². The fourth-order valence-electron chi connectivity index (χ4n) is 2.99. The predicted molar refractivity (Wildman–Crippen MR) is 61.9 cm³/mol. The van der Waals surface area contributed by atoms with Crippen LogP contribution < -0.4 is 5.73 Å². The van der Waals surface area contributed by atoms with Crippen molar-refractivity contribution in [3.05, 3.63) is 0 Å². The molecule has 1 saturated heterocycles. The normalized spacial score (nSPS) is 27.4. The summed E-state index contributed by atoms with van der Waals surface area (Å²) in [7, 11) is 2.23. The summed E-state index contributed by atoms with van der Waals surface area (Å²) in [6.45, 7) is 2.91. The zero-order valence-electron chi connectivity index (χ0n) is 9.87. The van der Waals surface area contributed by atoms with Crippen molar-refractivity contribution in [2.75, 3.05) is 26.8 Å². The van der Waals surface area contributed by atoms with Gasteiger partial charge in [-0.3, -0.25) is 0 Å². The van der Waals surface area contributed by atoms with E-state index in [-0.39, 0.29) is 5.54 Å². The zero-order chi connectivity index (χ0) is 10.7. The maximum Gasteiger partial charge on any atom is 0.0480 e. The largest absolute Gasteiger partial charge is 0.381 e. The highest BCUT2D eigenvalue weighted by atomic mass is 16.5. The number of likely N-dealkylation sites (N-methyl/N-ethyl adjacent to an activating group) is 1. The van der Waals surface area contributed by atoms with Crippen LogP contribution in [0.5, 0.6) is 0 Å². The average molecular weight is 212 g/mol. The van der Waals surface area contributed by atoms with Gasteiger partial charge in [-0.25, -0.2) is 0 Å². The molecule has 1 aliphatic heterocycles. The van der Waals surface area contributed by atoms with Crippen LogP contribution >= 0.6 is 0 Å². The van der Waals surface area contributed by atoms with Crippen LogP contribution in [-0.2, 0) is 4.74 Å². The second-order valence-electron chi connectivity index (χ2n) is 5.33. The molecule has 2 rings (SSSR count). The van der Waals surface area contributed by atoms with Crippen molar-refractivity contribution in [3.8, 4) is 0 Å². The maximum absolute atomic E-state index is 6.39. The van der Waals surface area contributed by atoms with Crippen LogP contribution in [0.15, 0.2) is 0 Å². The van der Waals surface area contributed by atoms with E-state index in [1.165, 1.54) is 38.5 Å². The van der Waals surface area contributed by atoms with E-state index in [0.29, 0.717) is 6.04 Å². The molecule has 2 aliphatic rings. The van der Waals surface area contributed by atoms with Gasteiger partial charge in [0.25, 0.3) is 0 Å². The topological polar surface area (TPSA) is 38.5 Å². The molecule has 2 N–H and O–H groups in total. The lowest BCUT2D eigenvalue weighted by molar-refractivity contribution is 0.0363. The summed E-state index contributed by atoms with van der Waals surface area (Å²) in [5.74, 6) is 0. The molecule has 15 heavy (non-hydrogen) atoms. The van der Waals surface area contributed by atoms with E-state index in [9.17, 15) is 0 Å². The van der Waals surface area contributed by atoms with E-state index < -0.39 is 0 Å². The van der Waals surface area contributed by atoms with E-state index in [0.717, 1.165) is 19.8 Å². The van der Waals surface area contributed by atoms with Crippen molar-refractivity contribution >= 4 is 0 Å². The first-order valence-electron chi connectivity index (χ1n) is 6.26. The van der Waals surface area contributed by atoms with E-state index in [4.69, 9.17) is 10.5 Å². The van der Waals surface area contributed by atoms with E-state index >= 15 is 0 Å². The number of hydrogen-bond acceptors (Lipinski definition) is 3. The molecule has 3 heteroatoms. The lowest BCUT2D eigenvalue weighted by Gasteiger charge is -2.36. The molecule has 1 heterocycles. The minimum absolute atomic E-state index is 0.104. The van der Waals surface area contributed by atoms with Gasteiger partial charge in [0, 0.05) is 31.3 Å². The van der Waals surface area contributed by atoms with Gasteiger partial charge in [0.2, 0.25) is 0 Å². The lowest BCUT2D eigenvalue weighted by atomic mass is 9.96. The second kappa shape index (κ2) is 4.81. The molecule has 0 aromatic carbocycles. The zero-order valence-corrected chi connectivity index (χ0v) is 9.87. The van der Waals surface area contributed by atoms with E-state index in [2.05, 4.69) is 11.9 Å². The molecule has 1 aliphatic carbocycles. The molecule has 0 atom stereocenters. The van der Waals surface area contributed by atoms with Gasteiger partial charge in [0.05, 0.1) is 0 Å². The molecule has 0 amide bonds. The summed E-state index contributed by atoms with van der Waals surface area (Å²) >= 11 is 0. The molecule has 0 radical (unpaired) electrons. The third-order valence-electron chi connectivity index (χ3n) is 3.98. The van der Waals surface area contributed by atoms with Gasteiger partial charge in [-0.05, 0) is 32.7 Å². The molecule has 1 saturated carbocycles. The summed E-state index contributed by atoms with van der Waals surface area (Å²) in [6.07, 6.45) is 7.40. The van der Waals surface area contributed by atoms with Crippen molar-refractivity contribution in [2.24, 2.45) is 5.73 Å². The molecular weight excluding hydrogens is 188 g/mol. The lowest BCUT2D eigenvalue weighted by Crippen LogP contribution is -2.50. The minimum atomic E-state index is 0.104. The Morgan fingerprint density at radius 1 is 1.27 bits per heavy atom. The first-order valence-corrected chi connectivity index (χ1v) is 6.26. The summed E-state index contributed by atoms with van der Waals surface area (Å²) in [5, 5.41) is 0. The van der Waals surface area contributed by atoms with Gasteiger partial charge in [0.1, 0.15) is 0 Å². The van der Waals surface area contributed by atoms with Crippen molar-refractivity contribution in [1.29, 1.82) is 0 Å². The van der Waals surface area contributed by atoms with Gasteiger partial charge in [-0.1, -0.05) is 12.8 Å². The summed E-state index contributed by atoms with van der Waals surface area (Å²) in [5.41, 5.74) is 6.50. The Hall–Kier alpha value is -0.120.